The lowest BCUT2D eigenvalue weighted by atomic mass is 10.0. The fraction of sp³-hybridized carbons (Fsp3) is 0.857. The van der Waals surface area contributed by atoms with E-state index >= 15 is 0 Å². The normalized spacial score (nSPS) is 14.5. The molecule has 3 N–H and O–H groups in total. The number of amides is 1. The third-order valence-corrected chi connectivity index (χ3v) is 11.9. The minimum Gasteiger partial charge on any atom is -0.387 e. The molecule has 8 nitrogen and oxygen atoms in total. The van der Waals surface area contributed by atoms with Gasteiger partial charge in [0.2, 0.25) is 5.91 Å². The van der Waals surface area contributed by atoms with Crippen molar-refractivity contribution in [1.82, 2.24) is 5.32 Å². The Morgan fingerprint density at radius 3 is 1.50 bits per heavy atom. The third kappa shape index (κ3) is 42.8. The standard InChI is InChI=1S/C49H95N2O6P/c1-6-8-10-12-14-16-18-20-22-23-24-25-26-27-29-31-33-35-37-39-41-43-49(53)50-47(46-57-58(54,55)56-45-44-51(3,4)5)48(52)42-40-38-36-34-32-30-28-21-19-17-15-13-11-9-7-2/h8,10,14,16,40,42,47-48,52H,6-7,9,11-13,15,17-39,41,43-46H2,1-5H3,(H-,50,53,54,55)/p+1/b10-8-,16-14-,42-40+. The number of likely N-dealkylation sites (N-methyl/N-ethyl adjacent to an activating group) is 1. The summed E-state index contributed by atoms with van der Waals surface area (Å²) in [6.45, 7) is 4.72. The molecule has 342 valence electrons. The van der Waals surface area contributed by atoms with Gasteiger partial charge >= 0.3 is 7.82 Å². The average molecular weight is 840 g/mol. The largest absolute Gasteiger partial charge is 0.472 e. The van der Waals surface area contributed by atoms with Gasteiger partial charge in [0.15, 0.2) is 0 Å². The van der Waals surface area contributed by atoms with Gasteiger partial charge < -0.3 is 19.8 Å². The molecular formula is C49H96N2O6P+. The van der Waals surface area contributed by atoms with Gasteiger partial charge in [0.1, 0.15) is 13.2 Å². The second-order valence-corrected chi connectivity index (χ2v) is 19.3. The van der Waals surface area contributed by atoms with Crippen LogP contribution >= 0.6 is 7.82 Å². The van der Waals surface area contributed by atoms with Crippen LogP contribution < -0.4 is 5.32 Å². The first-order valence-electron chi connectivity index (χ1n) is 24.4. The molecule has 0 aliphatic carbocycles. The number of unbranched alkanes of at least 4 members (excludes halogenated alkanes) is 27. The Kier molecular flexibility index (Phi) is 40.2. The number of nitrogens with zero attached hydrogens (tertiary/aromatic N) is 1. The highest BCUT2D eigenvalue weighted by molar-refractivity contribution is 7.47. The van der Waals surface area contributed by atoms with Gasteiger partial charge in [0, 0.05) is 6.42 Å². The molecule has 0 aromatic heterocycles. The van der Waals surface area contributed by atoms with E-state index in [-0.39, 0.29) is 19.1 Å². The molecule has 1 amide bonds. The van der Waals surface area contributed by atoms with Crippen LogP contribution in [-0.4, -0.2) is 73.4 Å². The van der Waals surface area contributed by atoms with E-state index in [9.17, 15) is 19.4 Å². The van der Waals surface area contributed by atoms with Crippen molar-refractivity contribution in [2.45, 2.75) is 231 Å². The zero-order chi connectivity index (χ0) is 42.8. The second kappa shape index (κ2) is 41.1. The lowest BCUT2D eigenvalue weighted by molar-refractivity contribution is -0.870. The van der Waals surface area contributed by atoms with E-state index in [1.165, 1.54) is 148 Å². The average Bonchev–Trinajstić information content (AvgIpc) is 3.17. The van der Waals surface area contributed by atoms with E-state index < -0.39 is 20.0 Å². The van der Waals surface area contributed by atoms with Gasteiger partial charge in [0.25, 0.3) is 0 Å². The van der Waals surface area contributed by atoms with Gasteiger partial charge in [-0.1, -0.05) is 204 Å². The van der Waals surface area contributed by atoms with Crippen LogP contribution in [0.2, 0.25) is 0 Å². The molecule has 0 radical (unpaired) electrons. The summed E-state index contributed by atoms with van der Waals surface area (Å²) in [6, 6.07) is -0.844. The maximum Gasteiger partial charge on any atom is 0.472 e. The fourth-order valence-electron chi connectivity index (χ4n) is 7.02. The van der Waals surface area contributed by atoms with E-state index in [0.717, 1.165) is 51.4 Å². The van der Waals surface area contributed by atoms with Gasteiger partial charge in [-0.15, -0.1) is 0 Å². The predicted molar refractivity (Wildman–Crippen MR) is 249 cm³/mol. The summed E-state index contributed by atoms with van der Waals surface area (Å²) in [4.78, 5) is 23.2. The van der Waals surface area contributed by atoms with Crippen molar-refractivity contribution in [3.05, 3.63) is 36.5 Å². The van der Waals surface area contributed by atoms with Crippen LogP contribution in [0.1, 0.15) is 219 Å². The van der Waals surface area contributed by atoms with Crippen LogP contribution in [0, 0.1) is 0 Å². The van der Waals surface area contributed by atoms with Crippen LogP contribution in [0.3, 0.4) is 0 Å². The molecule has 9 heteroatoms. The van der Waals surface area contributed by atoms with Gasteiger partial charge in [0.05, 0.1) is 39.9 Å². The number of carbonyl (C=O) groups excluding carboxylic acids is 1. The Labute approximate surface area is 359 Å². The first-order valence-corrected chi connectivity index (χ1v) is 25.9. The van der Waals surface area contributed by atoms with Crippen LogP contribution in [0.25, 0.3) is 0 Å². The zero-order valence-corrected chi connectivity index (χ0v) is 39.7. The first-order chi connectivity index (χ1) is 28.0. The Balaban J connectivity index is 4.30. The smallest absolute Gasteiger partial charge is 0.387 e. The number of hydrogen-bond acceptors (Lipinski definition) is 5. The van der Waals surface area contributed by atoms with Crippen LogP contribution in [0.5, 0.6) is 0 Å². The summed E-state index contributed by atoms with van der Waals surface area (Å²) < 4.78 is 23.6. The summed E-state index contributed by atoms with van der Waals surface area (Å²) in [5, 5.41) is 13.9. The molecular weight excluding hydrogens is 744 g/mol. The highest BCUT2D eigenvalue weighted by atomic mass is 31.2. The Morgan fingerprint density at radius 2 is 1.03 bits per heavy atom. The lowest BCUT2D eigenvalue weighted by Gasteiger charge is -2.25. The molecule has 58 heavy (non-hydrogen) atoms. The fourth-order valence-corrected chi connectivity index (χ4v) is 7.76. The van der Waals surface area contributed by atoms with Crippen molar-refractivity contribution in [3.8, 4) is 0 Å². The minimum absolute atomic E-state index is 0.0621. The molecule has 0 aliphatic heterocycles. The summed E-state index contributed by atoms with van der Waals surface area (Å²) >= 11 is 0. The molecule has 0 aliphatic rings. The van der Waals surface area contributed by atoms with E-state index in [2.05, 4.69) is 43.5 Å². The number of hydrogen-bond donors (Lipinski definition) is 3. The molecule has 0 aromatic rings. The molecule has 0 spiro atoms. The van der Waals surface area contributed by atoms with Crippen molar-refractivity contribution in [2.24, 2.45) is 0 Å². The zero-order valence-electron chi connectivity index (χ0n) is 38.8. The predicted octanol–water partition coefficient (Wildman–Crippen LogP) is 13.9. The van der Waals surface area contributed by atoms with Crippen molar-refractivity contribution in [1.29, 1.82) is 0 Å². The number of nitrogens with one attached hydrogen (secondary N) is 1. The van der Waals surface area contributed by atoms with Gasteiger partial charge in [-0.3, -0.25) is 13.8 Å². The van der Waals surface area contributed by atoms with E-state index in [4.69, 9.17) is 9.05 Å². The number of carbonyl (C=O) groups is 1. The number of aliphatic hydroxyl groups is 1. The molecule has 0 saturated heterocycles. The van der Waals surface area contributed by atoms with Crippen molar-refractivity contribution in [3.63, 3.8) is 0 Å². The SMILES string of the molecule is CC/C=C\C/C=C\CCCCCCCCCCCCCCCCC(=O)NC(COP(=O)(O)OCC[N+](C)(C)C)C(O)/C=C/CCCCCCCCCCCCCCC. The summed E-state index contributed by atoms with van der Waals surface area (Å²) in [5.41, 5.74) is 0. The quantitative estimate of drug-likeness (QED) is 0.0244. The monoisotopic (exact) mass is 840 g/mol. The van der Waals surface area contributed by atoms with Crippen LogP contribution in [0.4, 0.5) is 0 Å². The molecule has 0 aromatic carbocycles. The molecule has 0 fully saturated rings. The molecule has 0 rings (SSSR count). The summed E-state index contributed by atoms with van der Waals surface area (Å²) in [7, 11) is 1.57. The molecule has 3 atom stereocenters. The Morgan fingerprint density at radius 1 is 0.603 bits per heavy atom. The van der Waals surface area contributed by atoms with Crippen molar-refractivity contribution >= 4 is 13.7 Å². The van der Waals surface area contributed by atoms with E-state index in [0.29, 0.717) is 17.4 Å². The maximum atomic E-state index is 12.9. The van der Waals surface area contributed by atoms with Crippen LogP contribution in [-0.2, 0) is 18.4 Å². The molecule has 0 saturated carbocycles. The van der Waals surface area contributed by atoms with E-state index in [1.807, 2.05) is 27.2 Å². The first kappa shape index (κ1) is 56.7. The highest BCUT2D eigenvalue weighted by Crippen LogP contribution is 2.43. The van der Waals surface area contributed by atoms with Gasteiger partial charge in [-0.05, 0) is 44.9 Å². The number of phosphoric ester groups is 1. The number of aliphatic hydroxyl groups excluding tert-OH is 1. The second-order valence-electron chi connectivity index (χ2n) is 17.8. The third-order valence-electron chi connectivity index (χ3n) is 10.9. The van der Waals surface area contributed by atoms with Gasteiger partial charge in [-0.2, -0.15) is 0 Å². The Bertz CT molecular complexity index is 1040. The lowest BCUT2D eigenvalue weighted by Crippen LogP contribution is -2.45. The molecule has 3 unspecified atom stereocenters. The van der Waals surface area contributed by atoms with Crippen LogP contribution in [0.15, 0.2) is 36.5 Å². The number of rotatable bonds is 44. The van der Waals surface area contributed by atoms with Gasteiger partial charge in [-0.25, -0.2) is 4.57 Å². The van der Waals surface area contributed by atoms with Crippen molar-refractivity contribution in [2.75, 3.05) is 40.9 Å². The molecule has 0 heterocycles. The number of quaternary nitrogens is 1. The molecule has 0 bridgehead atoms. The summed E-state index contributed by atoms with van der Waals surface area (Å²) in [6.07, 6.45) is 50.7. The van der Waals surface area contributed by atoms with Crippen molar-refractivity contribution < 1.29 is 32.9 Å². The number of phosphoric acid groups is 1. The maximum absolute atomic E-state index is 12.9. The summed E-state index contributed by atoms with van der Waals surface area (Å²) in [5.74, 6) is -0.177. The van der Waals surface area contributed by atoms with E-state index in [1.54, 1.807) is 6.08 Å². The Hall–Kier alpha value is -1.28. The highest BCUT2D eigenvalue weighted by Gasteiger charge is 2.27. The number of allylic oxidation sites excluding steroid dienone is 5. The minimum atomic E-state index is -4.34. The topological polar surface area (TPSA) is 105 Å².